The lowest BCUT2D eigenvalue weighted by Crippen LogP contribution is -2.51. The second-order valence-electron chi connectivity index (χ2n) is 2.29. The molecule has 2 rings (SSSR count). The third-order valence-corrected chi connectivity index (χ3v) is 1.69. The minimum atomic E-state index is 0.416. The summed E-state index contributed by atoms with van der Waals surface area (Å²) in [5, 5.41) is 12.6. The highest BCUT2D eigenvalue weighted by atomic mass is 15.6. The fourth-order valence-electron chi connectivity index (χ4n) is 1.17. The Morgan fingerprint density at radius 2 is 2.67 bits per heavy atom. The van der Waals surface area contributed by atoms with Gasteiger partial charge in [0, 0.05) is 13.1 Å². The van der Waals surface area contributed by atoms with Crippen LogP contribution < -0.4 is 10.6 Å². The van der Waals surface area contributed by atoms with Gasteiger partial charge in [-0.15, -0.1) is 0 Å². The summed E-state index contributed by atoms with van der Waals surface area (Å²) in [5.41, 5.74) is 0. The van der Waals surface area contributed by atoms with E-state index in [0.717, 1.165) is 19.6 Å². The van der Waals surface area contributed by atoms with E-state index in [0.29, 0.717) is 6.17 Å². The van der Waals surface area contributed by atoms with Crippen molar-refractivity contribution < 1.29 is 0 Å². The van der Waals surface area contributed by atoms with Crippen LogP contribution in [0.2, 0.25) is 0 Å². The van der Waals surface area contributed by atoms with E-state index in [1.54, 1.807) is 6.34 Å². The van der Waals surface area contributed by atoms with E-state index in [2.05, 4.69) is 20.7 Å². The Hall–Kier alpha value is -0.770. The zero-order valence-electron chi connectivity index (χ0n) is 5.17. The van der Waals surface area contributed by atoms with Crippen molar-refractivity contribution in [3.8, 4) is 0 Å². The Balaban J connectivity index is 2.03. The molecule has 0 aromatic carbocycles. The predicted octanol–water partition coefficient (Wildman–Crippen LogP) is -1.24. The Kier molecular flexibility index (Phi) is 1.05. The normalized spacial score (nSPS) is 32.0. The fourth-order valence-corrected chi connectivity index (χ4v) is 1.17. The van der Waals surface area contributed by atoms with Crippen LogP contribution in [-0.4, -0.2) is 37.1 Å². The largest absolute Gasteiger partial charge is 0.352 e. The number of hydrazone groups is 1. The van der Waals surface area contributed by atoms with Gasteiger partial charge >= 0.3 is 0 Å². The van der Waals surface area contributed by atoms with Crippen LogP contribution in [0.25, 0.3) is 0 Å². The first-order valence-electron chi connectivity index (χ1n) is 3.23. The maximum atomic E-state index is 4.11. The molecule has 0 aliphatic carbocycles. The molecule has 4 nitrogen and oxygen atoms in total. The number of hydrogen-bond donors (Lipinski definition) is 2. The van der Waals surface area contributed by atoms with Crippen LogP contribution in [0.15, 0.2) is 5.10 Å². The molecule has 2 heterocycles. The average Bonchev–Trinajstić information content (AvgIpc) is 2.33. The van der Waals surface area contributed by atoms with Crippen molar-refractivity contribution in [1.29, 1.82) is 0 Å². The summed E-state index contributed by atoms with van der Waals surface area (Å²) in [4.78, 5) is 0. The lowest BCUT2D eigenvalue weighted by atomic mass is 10.4. The van der Waals surface area contributed by atoms with Crippen LogP contribution in [0.3, 0.4) is 0 Å². The van der Waals surface area contributed by atoms with Gasteiger partial charge in [-0.3, -0.25) is 5.01 Å². The van der Waals surface area contributed by atoms with E-state index in [1.807, 2.05) is 0 Å². The Bertz CT molecular complexity index is 133. The third-order valence-electron chi connectivity index (χ3n) is 1.69. The van der Waals surface area contributed by atoms with Gasteiger partial charge in [0.2, 0.25) is 0 Å². The van der Waals surface area contributed by atoms with Crippen molar-refractivity contribution in [2.45, 2.75) is 6.17 Å². The van der Waals surface area contributed by atoms with Crippen molar-refractivity contribution in [2.24, 2.45) is 5.10 Å². The smallest absolute Gasteiger partial charge is 0.129 e. The van der Waals surface area contributed by atoms with Crippen molar-refractivity contribution in [1.82, 2.24) is 15.6 Å². The standard InChI is InChI=1S/C5H10N4/c1-2-9-5(3-6-1)7-4-8-9/h4-6H,1-3H2,(H,7,8). The number of nitrogens with one attached hydrogen (secondary N) is 2. The average molecular weight is 126 g/mol. The molecule has 2 aliphatic heterocycles. The highest BCUT2D eigenvalue weighted by Gasteiger charge is 2.21. The molecule has 50 valence electrons. The molecule has 1 atom stereocenters. The van der Waals surface area contributed by atoms with Crippen LogP contribution in [0.1, 0.15) is 0 Å². The lowest BCUT2D eigenvalue weighted by Gasteiger charge is -2.28. The van der Waals surface area contributed by atoms with Crippen molar-refractivity contribution in [3.05, 3.63) is 0 Å². The highest BCUT2D eigenvalue weighted by molar-refractivity contribution is 5.56. The predicted molar refractivity (Wildman–Crippen MR) is 35.0 cm³/mol. The summed E-state index contributed by atoms with van der Waals surface area (Å²) >= 11 is 0. The van der Waals surface area contributed by atoms with Crippen LogP contribution >= 0.6 is 0 Å². The molecular formula is C5H10N4. The molecule has 0 bridgehead atoms. The van der Waals surface area contributed by atoms with E-state index in [9.17, 15) is 0 Å². The fraction of sp³-hybridized carbons (Fsp3) is 0.800. The van der Waals surface area contributed by atoms with Crippen LogP contribution in [0.5, 0.6) is 0 Å². The molecule has 2 aliphatic rings. The maximum absolute atomic E-state index is 4.11. The molecule has 0 radical (unpaired) electrons. The van der Waals surface area contributed by atoms with E-state index >= 15 is 0 Å². The van der Waals surface area contributed by atoms with Gasteiger partial charge in [-0.1, -0.05) is 0 Å². The van der Waals surface area contributed by atoms with Gasteiger partial charge in [0.25, 0.3) is 0 Å². The number of rotatable bonds is 0. The zero-order chi connectivity index (χ0) is 6.10. The van der Waals surface area contributed by atoms with Gasteiger partial charge in [-0.25, -0.2) is 0 Å². The first-order chi connectivity index (χ1) is 4.47. The van der Waals surface area contributed by atoms with Gasteiger partial charge in [-0.05, 0) is 0 Å². The molecule has 0 aromatic rings. The maximum Gasteiger partial charge on any atom is 0.129 e. The molecular weight excluding hydrogens is 116 g/mol. The lowest BCUT2D eigenvalue weighted by molar-refractivity contribution is 0.178. The Morgan fingerprint density at radius 3 is 3.56 bits per heavy atom. The van der Waals surface area contributed by atoms with Crippen molar-refractivity contribution in [2.75, 3.05) is 19.6 Å². The summed E-state index contributed by atoms with van der Waals surface area (Å²) in [6.45, 7) is 3.07. The first-order valence-corrected chi connectivity index (χ1v) is 3.23. The quantitative estimate of drug-likeness (QED) is 0.426. The first kappa shape index (κ1) is 5.05. The summed E-state index contributed by atoms with van der Waals surface area (Å²) in [5.74, 6) is 0. The molecule has 9 heavy (non-hydrogen) atoms. The summed E-state index contributed by atoms with van der Waals surface area (Å²) in [6.07, 6.45) is 2.18. The monoisotopic (exact) mass is 126 g/mol. The number of hydrogen-bond acceptors (Lipinski definition) is 4. The minimum Gasteiger partial charge on any atom is -0.352 e. The number of nitrogens with zero attached hydrogens (tertiary/aromatic N) is 2. The van der Waals surface area contributed by atoms with Crippen molar-refractivity contribution in [3.63, 3.8) is 0 Å². The number of piperazine rings is 1. The second-order valence-corrected chi connectivity index (χ2v) is 2.29. The molecule has 1 fully saturated rings. The van der Waals surface area contributed by atoms with Crippen LogP contribution in [0, 0.1) is 0 Å². The topological polar surface area (TPSA) is 39.7 Å². The Labute approximate surface area is 53.9 Å². The molecule has 0 amide bonds. The van der Waals surface area contributed by atoms with Gasteiger partial charge in [-0.2, -0.15) is 5.10 Å². The van der Waals surface area contributed by atoms with E-state index < -0.39 is 0 Å². The van der Waals surface area contributed by atoms with Crippen molar-refractivity contribution >= 4 is 6.34 Å². The van der Waals surface area contributed by atoms with Gasteiger partial charge in [0.15, 0.2) is 0 Å². The molecule has 0 aromatic heterocycles. The SMILES string of the molecule is C1=NN2CCNCC2N1. The van der Waals surface area contributed by atoms with Gasteiger partial charge in [0.05, 0.1) is 6.54 Å². The zero-order valence-corrected chi connectivity index (χ0v) is 5.17. The Morgan fingerprint density at radius 1 is 1.67 bits per heavy atom. The second kappa shape index (κ2) is 1.88. The molecule has 4 heteroatoms. The van der Waals surface area contributed by atoms with E-state index in [-0.39, 0.29) is 0 Å². The van der Waals surface area contributed by atoms with Gasteiger partial charge < -0.3 is 10.6 Å². The molecule has 1 saturated heterocycles. The van der Waals surface area contributed by atoms with E-state index in [4.69, 9.17) is 0 Å². The van der Waals surface area contributed by atoms with E-state index in [1.165, 1.54) is 0 Å². The molecule has 0 saturated carbocycles. The molecule has 0 spiro atoms. The van der Waals surface area contributed by atoms with Crippen LogP contribution in [-0.2, 0) is 0 Å². The summed E-state index contributed by atoms with van der Waals surface area (Å²) < 4.78 is 0. The van der Waals surface area contributed by atoms with Crippen LogP contribution in [0.4, 0.5) is 0 Å². The van der Waals surface area contributed by atoms with Gasteiger partial charge in [0.1, 0.15) is 12.5 Å². The summed E-state index contributed by atoms with van der Waals surface area (Å²) in [7, 11) is 0. The minimum absolute atomic E-state index is 0.416. The summed E-state index contributed by atoms with van der Waals surface area (Å²) in [6, 6.07) is 0. The number of fused-ring (bicyclic) bond motifs is 1. The molecule has 1 unspecified atom stereocenters. The third kappa shape index (κ3) is 0.751. The molecule has 2 N–H and O–H groups in total. The highest BCUT2D eigenvalue weighted by Crippen LogP contribution is 2.02.